The van der Waals surface area contributed by atoms with Crippen LogP contribution in [0.5, 0.6) is 5.75 Å². The predicted octanol–water partition coefficient (Wildman–Crippen LogP) is 4.90. The van der Waals surface area contributed by atoms with Gasteiger partial charge in [-0.05, 0) is 38.4 Å². The molecular formula is C21H21F4N5O. The van der Waals surface area contributed by atoms with E-state index in [1.807, 2.05) is 19.0 Å². The molecule has 0 bridgehead atoms. The first-order chi connectivity index (χ1) is 14.7. The number of para-hydroxylation sites is 1. The summed E-state index contributed by atoms with van der Waals surface area (Å²) in [6, 6.07) is 13.1. The third-order valence-corrected chi connectivity index (χ3v) is 4.07. The monoisotopic (exact) mass is 435 g/mol. The quantitative estimate of drug-likeness (QED) is 0.491. The fourth-order valence-corrected chi connectivity index (χ4v) is 2.68. The number of anilines is 3. The Kier molecular flexibility index (Phi) is 6.91. The van der Waals surface area contributed by atoms with E-state index in [4.69, 9.17) is 0 Å². The number of nitrogens with zero attached hydrogens (tertiary/aromatic N) is 3. The molecule has 10 heteroatoms. The number of likely N-dealkylation sites (N-methyl/N-ethyl adjacent to an activating group) is 1. The SMILES string of the molecule is CN(C)CCNc1nc(Nc2ccccc2F)cc(-c2cccc(OC(F)(F)F)c2)n1. The molecule has 0 spiro atoms. The molecule has 3 aromatic rings. The van der Waals surface area contributed by atoms with Crippen molar-refractivity contribution in [2.75, 3.05) is 37.8 Å². The van der Waals surface area contributed by atoms with Crippen LogP contribution in [-0.4, -0.2) is 48.4 Å². The van der Waals surface area contributed by atoms with Gasteiger partial charge >= 0.3 is 6.36 Å². The zero-order valence-electron chi connectivity index (χ0n) is 16.9. The Bertz CT molecular complexity index is 1030. The number of benzene rings is 2. The number of nitrogens with one attached hydrogen (secondary N) is 2. The molecule has 0 aliphatic carbocycles. The molecule has 31 heavy (non-hydrogen) atoms. The Labute approximate surface area is 176 Å². The van der Waals surface area contributed by atoms with E-state index in [0.717, 1.165) is 0 Å². The average molecular weight is 435 g/mol. The second-order valence-electron chi connectivity index (χ2n) is 6.87. The maximum absolute atomic E-state index is 14.1. The van der Waals surface area contributed by atoms with Gasteiger partial charge in [0.25, 0.3) is 0 Å². The molecule has 0 amide bonds. The van der Waals surface area contributed by atoms with E-state index in [2.05, 4.69) is 25.3 Å². The smallest absolute Gasteiger partial charge is 0.406 e. The third-order valence-electron chi connectivity index (χ3n) is 4.07. The van der Waals surface area contributed by atoms with Crippen LogP contribution in [0.25, 0.3) is 11.3 Å². The van der Waals surface area contributed by atoms with Crippen molar-refractivity contribution in [3.63, 3.8) is 0 Å². The average Bonchev–Trinajstić information content (AvgIpc) is 2.68. The summed E-state index contributed by atoms with van der Waals surface area (Å²) in [6.07, 6.45) is -4.80. The van der Waals surface area contributed by atoms with Crippen LogP contribution in [0.3, 0.4) is 0 Å². The van der Waals surface area contributed by atoms with Gasteiger partial charge < -0.3 is 20.3 Å². The van der Waals surface area contributed by atoms with Crippen LogP contribution in [0.4, 0.5) is 35.0 Å². The van der Waals surface area contributed by atoms with Gasteiger partial charge in [0.2, 0.25) is 5.95 Å². The summed E-state index contributed by atoms with van der Waals surface area (Å²) in [5.74, 6) is -0.301. The third kappa shape index (κ3) is 6.82. The maximum Gasteiger partial charge on any atom is 0.573 e. The van der Waals surface area contributed by atoms with Gasteiger partial charge in [-0.3, -0.25) is 0 Å². The second kappa shape index (κ2) is 9.61. The number of rotatable bonds is 8. The van der Waals surface area contributed by atoms with Gasteiger partial charge in [0.1, 0.15) is 17.4 Å². The molecule has 0 aliphatic rings. The van der Waals surface area contributed by atoms with E-state index in [9.17, 15) is 17.6 Å². The number of halogens is 4. The second-order valence-corrected chi connectivity index (χ2v) is 6.87. The van der Waals surface area contributed by atoms with Gasteiger partial charge in [-0.1, -0.05) is 24.3 Å². The highest BCUT2D eigenvalue weighted by Crippen LogP contribution is 2.29. The zero-order chi connectivity index (χ0) is 22.4. The Balaban J connectivity index is 1.94. The van der Waals surface area contributed by atoms with Crippen molar-refractivity contribution in [1.82, 2.24) is 14.9 Å². The van der Waals surface area contributed by atoms with Crippen LogP contribution in [0.15, 0.2) is 54.6 Å². The Morgan fingerprint density at radius 1 is 1.00 bits per heavy atom. The lowest BCUT2D eigenvalue weighted by Crippen LogP contribution is -2.21. The van der Waals surface area contributed by atoms with Crippen molar-refractivity contribution >= 4 is 17.5 Å². The van der Waals surface area contributed by atoms with Crippen LogP contribution >= 0.6 is 0 Å². The van der Waals surface area contributed by atoms with Crippen LogP contribution in [-0.2, 0) is 0 Å². The Hall–Kier alpha value is -3.40. The van der Waals surface area contributed by atoms with Gasteiger partial charge in [-0.2, -0.15) is 4.98 Å². The largest absolute Gasteiger partial charge is 0.573 e. The summed E-state index contributed by atoms with van der Waals surface area (Å²) in [4.78, 5) is 10.7. The highest BCUT2D eigenvalue weighted by molar-refractivity contribution is 5.68. The number of aromatic nitrogens is 2. The summed E-state index contributed by atoms with van der Waals surface area (Å²) in [7, 11) is 3.83. The predicted molar refractivity (Wildman–Crippen MR) is 111 cm³/mol. The molecule has 0 fully saturated rings. The molecule has 0 radical (unpaired) electrons. The van der Waals surface area contributed by atoms with Crippen molar-refractivity contribution in [1.29, 1.82) is 0 Å². The standard InChI is InChI=1S/C21H21F4N5O/c1-30(2)11-10-26-20-28-18(14-6-5-7-15(12-14)31-21(23,24)25)13-19(29-20)27-17-9-4-3-8-16(17)22/h3-9,12-13H,10-11H2,1-2H3,(H2,26,27,28,29). The first-order valence-corrected chi connectivity index (χ1v) is 9.35. The van der Waals surface area contributed by atoms with Crippen molar-refractivity contribution in [3.8, 4) is 17.0 Å². The molecule has 0 unspecified atom stereocenters. The van der Waals surface area contributed by atoms with Crippen molar-refractivity contribution in [2.45, 2.75) is 6.36 Å². The fraction of sp³-hybridized carbons (Fsp3) is 0.238. The minimum Gasteiger partial charge on any atom is -0.406 e. The van der Waals surface area contributed by atoms with Crippen LogP contribution < -0.4 is 15.4 Å². The molecule has 0 saturated heterocycles. The lowest BCUT2D eigenvalue weighted by Gasteiger charge is -2.14. The fourth-order valence-electron chi connectivity index (χ4n) is 2.68. The van der Waals surface area contributed by atoms with E-state index in [0.29, 0.717) is 24.3 Å². The van der Waals surface area contributed by atoms with Crippen molar-refractivity contribution < 1.29 is 22.3 Å². The van der Waals surface area contributed by atoms with E-state index < -0.39 is 12.2 Å². The summed E-state index contributed by atoms with van der Waals surface area (Å²) in [6.45, 7) is 1.24. The molecule has 3 rings (SSSR count). The summed E-state index contributed by atoms with van der Waals surface area (Å²) >= 11 is 0. The molecule has 1 aromatic heterocycles. The summed E-state index contributed by atoms with van der Waals surface area (Å²) in [5.41, 5.74) is 0.936. The zero-order valence-corrected chi connectivity index (χ0v) is 16.9. The van der Waals surface area contributed by atoms with Gasteiger partial charge in [0, 0.05) is 24.7 Å². The molecule has 0 aliphatic heterocycles. The lowest BCUT2D eigenvalue weighted by molar-refractivity contribution is -0.274. The Morgan fingerprint density at radius 2 is 1.77 bits per heavy atom. The minimum atomic E-state index is -4.80. The van der Waals surface area contributed by atoms with E-state index >= 15 is 0 Å². The molecule has 0 saturated carbocycles. The highest BCUT2D eigenvalue weighted by atomic mass is 19.4. The van der Waals surface area contributed by atoms with Crippen molar-refractivity contribution in [3.05, 3.63) is 60.4 Å². The van der Waals surface area contributed by atoms with Crippen LogP contribution in [0.1, 0.15) is 0 Å². The van der Waals surface area contributed by atoms with Gasteiger partial charge in [-0.15, -0.1) is 13.2 Å². The van der Waals surface area contributed by atoms with Gasteiger partial charge in [0.05, 0.1) is 11.4 Å². The van der Waals surface area contributed by atoms with E-state index in [-0.39, 0.29) is 23.2 Å². The first kappa shape index (κ1) is 22.3. The highest BCUT2D eigenvalue weighted by Gasteiger charge is 2.31. The number of alkyl halides is 3. The molecule has 1 heterocycles. The summed E-state index contributed by atoms with van der Waals surface area (Å²) in [5, 5.41) is 5.96. The van der Waals surface area contributed by atoms with Gasteiger partial charge in [0.15, 0.2) is 0 Å². The Morgan fingerprint density at radius 3 is 2.48 bits per heavy atom. The first-order valence-electron chi connectivity index (χ1n) is 9.35. The van der Waals surface area contributed by atoms with Crippen LogP contribution in [0.2, 0.25) is 0 Å². The van der Waals surface area contributed by atoms with E-state index in [1.54, 1.807) is 24.3 Å². The molecular weight excluding hydrogens is 414 g/mol. The molecule has 6 nitrogen and oxygen atoms in total. The van der Waals surface area contributed by atoms with Crippen molar-refractivity contribution in [2.24, 2.45) is 0 Å². The maximum atomic E-state index is 14.1. The minimum absolute atomic E-state index is 0.209. The number of hydrogen-bond donors (Lipinski definition) is 2. The summed E-state index contributed by atoms with van der Waals surface area (Å²) < 4.78 is 55.8. The number of hydrogen-bond acceptors (Lipinski definition) is 6. The molecule has 0 atom stereocenters. The molecule has 2 aromatic carbocycles. The van der Waals surface area contributed by atoms with Gasteiger partial charge in [-0.25, -0.2) is 9.37 Å². The molecule has 2 N–H and O–H groups in total. The molecule has 164 valence electrons. The van der Waals surface area contributed by atoms with E-state index in [1.165, 1.54) is 30.3 Å². The van der Waals surface area contributed by atoms with Crippen LogP contribution in [0, 0.1) is 5.82 Å². The number of ether oxygens (including phenoxy) is 1. The topological polar surface area (TPSA) is 62.3 Å². The lowest BCUT2D eigenvalue weighted by atomic mass is 10.1. The normalized spacial score (nSPS) is 11.5.